The number of anilines is 1. The van der Waals surface area contributed by atoms with E-state index in [1.807, 2.05) is 37.3 Å². The summed E-state index contributed by atoms with van der Waals surface area (Å²) in [6.45, 7) is 1.83. The fourth-order valence-corrected chi connectivity index (χ4v) is 3.96. The first-order chi connectivity index (χ1) is 16.0. The second-order valence-corrected chi connectivity index (χ2v) is 8.01. The predicted octanol–water partition coefficient (Wildman–Crippen LogP) is 3.11. The largest absolute Gasteiger partial charge is 0.354 e. The number of aryl methyl sites for hydroxylation is 2. The summed E-state index contributed by atoms with van der Waals surface area (Å²) in [5, 5.41) is 11.5. The van der Waals surface area contributed by atoms with Gasteiger partial charge in [0.2, 0.25) is 5.91 Å². The molecule has 3 heterocycles. The van der Waals surface area contributed by atoms with E-state index in [0.717, 1.165) is 11.3 Å². The number of benzene rings is 2. The van der Waals surface area contributed by atoms with Gasteiger partial charge in [0.25, 0.3) is 5.91 Å². The SMILES string of the molecule is Cc1cc(-c2[nH]c3cc(NC(=O)C(N)CCc4ccccc4)cc4c3c2C=NNC4=O)on1. The highest BCUT2D eigenvalue weighted by Crippen LogP contribution is 2.34. The molecule has 0 saturated heterocycles. The summed E-state index contributed by atoms with van der Waals surface area (Å²) < 4.78 is 5.41. The third-order valence-electron chi connectivity index (χ3n) is 5.61. The van der Waals surface area contributed by atoms with Gasteiger partial charge in [-0.15, -0.1) is 0 Å². The number of hydrogen-bond donors (Lipinski definition) is 4. The molecule has 9 heteroatoms. The van der Waals surface area contributed by atoms with Crippen molar-refractivity contribution in [3.05, 3.63) is 70.9 Å². The molecular formula is C24H22N6O3. The Kier molecular flexibility index (Phi) is 5.23. The van der Waals surface area contributed by atoms with E-state index in [1.54, 1.807) is 24.4 Å². The van der Waals surface area contributed by atoms with Gasteiger partial charge in [0.15, 0.2) is 5.76 Å². The van der Waals surface area contributed by atoms with Crippen molar-refractivity contribution in [1.82, 2.24) is 15.6 Å². The smallest absolute Gasteiger partial charge is 0.272 e. The van der Waals surface area contributed by atoms with Gasteiger partial charge >= 0.3 is 0 Å². The Morgan fingerprint density at radius 3 is 2.79 bits per heavy atom. The number of rotatable bonds is 6. The number of nitrogens with zero attached hydrogens (tertiary/aromatic N) is 2. The number of amides is 2. The van der Waals surface area contributed by atoms with Crippen LogP contribution in [0.3, 0.4) is 0 Å². The fourth-order valence-electron chi connectivity index (χ4n) is 3.96. The number of hydrogen-bond acceptors (Lipinski definition) is 6. The summed E-state index contributed by atoms with van der Waals surface area (Å²) in [6.07, 6.45) is 2.76. The first-order valence-corrected chi connectivity index (χ1v) is 10.6. The normalized spacial score (nSPS) is 13.6. The number of H-pyrrole nitrogens is 1. The molecule has 5 rings (SSSR count). The molecule has 4 aromatic rings. The number of aromatic nitrogens is 2. The second-order valence-electron chi connectivity index (χ2n) is 8.01. The maximum atomic E-state index is 12.7. The lowest BCUT2D eigenvalue weighted by molar-refractivity contribution is -0.117. The molecule has 0 fully saturated rings. The second kappa shape index (κ2) is 8.36. The van der Waals surface area contributed by atoms with Crippen LogP contribution in [-0.4, -0.2) is 34.2 Å². The number of nitrogens with two attached hydrogens (primary N) is 1. The fraction of sp³-hybridized carbons (Fsp3) is 0.167. The molecule has 1 unspecified atom stereocenters. The Labute approximate surface area is 189 Å². The van der Waals surface area contributed by atoms with Crippen molar-refractivity contribution in [3.8, 4) is 11.5 Å². The van der Waals surface area contributed by atoms with Crippen molar-refractivity contribution < 1.29 is 14.1 Å². The third kappa shape index (κ3) is 4.01. The zero-order valence-electron chi connectivity index (χ0n) is 17.9. The van der Waals surface area contributed by atoms with Crippen molar-refractivity contribution in [2.75, 3.05) is 5.32 Å². The lowest BCUT2D eigenvalue weighted by atomic mass is 10.0. The molecule has 2 aromatic carbocycles. The van der Waals surface area contributed by atoms with Gasteiger partial charge in [0.05, 0.1) is 29.2 Å². The van der Waals surface area contributed by atoms with Gasteiger partial charge in [-0.3, -0.25) is 9.59 Å². The molecule has 166 valence electrons. The van der Waals surface area contributed by atoms with E-state index in [0.29, 0.717) is 52.0 Å². The van der Waals surface area contributed by atoms with Crippen LogP contribution in [0, 0.1) is 6.92 Å². The van der Waals surface area contributed by atoms with Crippen molar-refractivity contribution in [2.45, 2.75) is 25.8 Å². The van der Waals surface area contributed by atoms with E-state index in [1.165, 1.54) is 0 Å². The average molecular weight is 442 g/mol. The lowest BCUT2D eigenvalue weighted by Gasteiger charge is -2.13. The summed E-state index contributed by atoms with van der Waals surface area (Å²) in [5.41, 5.74) is 13.3. The van der Waals surface area contributed by atoms with Gasteiger partial charge in [-0.05, 0) is 37.5 Å². The molecule has 2 aromatic heterocycles. The first-order valence-electron chi connectivity index (χ1n) is 10.6. The molecule has 33 heavy (non-hydrogen) atoms. The van der Waals surface area contributed by atoms with Crippen molar-refractivity contribution in [1.29, 1.82) is 0 Å². The quantitative estimate of drug-likeness (QED) is 0.363. The Morgan fingerprint density at radius 1 is 1.21 bits per heavy atom. The van der Waals surface area contributed by atoms with Crippen LogP contribution in [0.2, 0.25) is 0 Å². The van der Waals surface area contributed by atoms with Crippen LogP contribution >= 0.6 is 0 Å². The van der Waals surface area contributed by atoms with Gasteiger partial charge in [-0.25, -0.2) is 5.43 Å². The zero-order chi connectivity index (χ0) is 22.9. The van der Waals surface area contributed by atoms with Crippen LogP contribution < -0.4 is 16.5 Å². The third-order valence-corrected chi connectivity index (χ3v) is 5.61. The summed E-state index contributed by atoms with van der Waals surface area (Å²) in [7, 11) is 0. The summed E-state index contributed by atoms with van der Waals surface area (Å²) >= 11 is 0. The maximum absolute atomic E-state index is 12.7. The Bertz CT molecular complexity index is 1390. The van der Waals surface area contributed by atoms with Crippen LogP contribution in [0.5, 0.6) is 0 Å². The molecule has 1 atom stereocenters. The van der Waals surface area contributed by atoms with Crippen molar-refractivity contribution >= 4 is 34.6 Å². The number of carbonyl (C=O) groups excluding carboxylic acids is 2. The van der Waals surface area contributed by atoms with E-state index in [9.17, 15) is 9.59 Å². The highest BCUT2D eigenvalue weighted by Gasteiger charge is 2.24. The van der Waals surface area contributed by atoms with Crippen LogP contribution in [0.25, 0.3) is 22.4 Å². The minimum atomic E-state index is -0.691. The monoisotopic (exact) mass is 442 g/mol. The van der Waals surface area contributed by atoms with Crippen LogP contribution in [0.1, 0.15) is 33.6 Å². The van der Waals surface area contributed by atoms with E-state index in [-0.39, 0.29) is 11.8 Å². The Balaban J connectivity index is 1.44. The highest BCUT2D eigenvalue weighted by molar-refractivity contribution is 6.18. The molecule has 5 N–H and O–H groups in total. The first kappa shape index (κ1) is 20.7. The topological polar surface area (TPSA) is 138 Å². The maximum Gasteiger partial charge on any atom is 0.272 e. The van der Waals surface area contributed by atoms with Crippen molar-refractivity contribution in [3.63, 3.8) is 0 Å². The molecule has 0 aliphatic carbocycles. The molecule has 0 bridgehead atoms. The van der Waals surface area contributed by atoms with Gasteiger partial charge in [-0.1, -0.05) is 35.5 Å². The lowest BCUT2D eigenvalue weighted by Crippen LogP contribution is -2.36. The molecule has 0 saturated carbocycles. The molecule has 1 aliphatic rings. The molecule has 0 spiro atoms. The Hall–Kier alpha value is -4.24. The van der Waals surface area contributed by atoms with E-state index >= 15 is 0 Å². The standard InChI is InChI=1S/C24H22N6O3/c1-13-9-20(33-30-13)22-17-12-26-29-23(31)16-10-15(11-19(28-22)21(16)17)27-24(32)18(25)8-7-14-5-3-2-4-6-14/h2-6,9-12,18,28H,7-8,25H2,1H3,(H,27,32)(H,29,31). The van der Waals surface area contributed by atoms with Gasteiger partial charge in [0.1, 0.15) is 0 Å². The zero-order valence-corrected chi connectivity index (χ0v) is 17.9. The van der Waals surface area contributed by atoms with Crippen LogP contribution in [-0.2, 0) is 11.2 Å². The van der Waals surface area contributed by atoms with E-state index < -0.39 is 6.04 Å². The van der Waals surface area contributed by atoms with Crippen LogP contribution in [0.15, 0.2) is 58.2 Å². The number of nitrogens with one attached hydrogen (secondary N) is 3. The molecule has 0 radical (unpaired) electrons. The number of aromatic amines is 1. The highest BCUT2D eigenvalue weighted by atomic mass is 16.5. The van der Waals surface area contributed by atoms with Gasteiger partial charge in [-0.2, -0.15) is 5.10 Å². The summed E-state index contributed by atoms with van der Waals surface area (Å²) in [5.74, 6) is -0.168. The predicted molar refractivity (Wildman–Crippen MR) is 125 cm³/mol. The van der Waals surface area contributed by atoms with E-state index in [4.69, 9.17) is 10.3 Å². The van der Waals surface area contributed by atoms with Crippen LogP contribution in [0.4, 0.5) is 5.69 Å². The molecule has 9 nitrogen and oxygen atoms in total. The Morgan fingerprint density at radius 2 is 2.03 bits per heavy atom. The van der Waals surface area contributed by atoms with Gasteiger partial charge in [0, 0.05) is 28.2 Å². The molecular weight excluding hydrogens is 420 g/mol. The summed E-state index contributed by atoms with van der Waals surface area (Å²) in [6, 6.07) is 14.4. The minimum Gasteiger partial charge on any atom is -0.354 e. The average Bonchev–Trinajstić information content (AvgIpc) is 3.36. The number of carbonyl (C=O) groups is 2. The van der Waals surface area contributed by atoms with Crippen molar-refractivity contribution in [2.24, 2.45) is 10.8 Å². The number of hydrazone groups is 1. The molecule has 2 amide bonds. The minimum absolute atomic E-state index is 0.319. The molecule has 1 aliphatic heterocycles. The van der Waals surface area contributed by atoms with Gasteiger partial charge < -0.3 is 20.6 Å². The summed E-state index contributed by atoms with van der Waals surface area (Å²) in [4.78, 5) is 28.7. The van der Waals surface area contributed by atoms with E-state index in [2.05, 4.69) is 26.0 Å².